The largest absolute Gasteiger partial charge is 0.493 e. The fourth-order valence-corrected chi connectivity index (χ4v) is 2.14. The molecule has 0 aliphatic carbocycles. The van der Waals surface area contributed by atoms with Crippen LogP contribution in [0.5, 0.6) is 11.5 Å². The summed E-state index contributed by atoms with van der Waals surface area (Å²) in [6, 6.07) is 5.80. The first-order valence-electron chi connectivity index (χ1n) is 5.90. The smallest absolute Gasteiger partial charge is 0.165 e. The third-order valence-electron chi connectivity index (χ3n) is 2.38. The molecule has 0 atom stereocenters. The van der Waals surface area contributed by atoms with Gasteiger partial charge in [0, 0.05) is 12.1 Å². The second-order valence-corrected chi connectivity index (χ2v) is 4.95. The minimum absolute atomic E-state index is 0.468. The maximum Gasteiger partial charge on any atom is 0.165 e. The van der Waals surface area contributed by atoms with E-state index in [1.807, 2.05) is 30.0 Å². The molecular formula is C13H21NO2S. The lowest BCUT2D eigenvalue weighted by Gasteiger charge is -2.14. The van der Waals surface area contributed by atoms with Crippen molar-refractivity contribution in [3.63, 3.8) is 0 Å². The number of hydrogen-bond donors (Lipinski definition) is 1. The molecule has 1 rings (SSSR count). The summed E-state index contributed by atoms with van der Waals surface area (Å²) in [6.45, 7) is 3.34. The van der Waals surface area contributed by atoms with Crippen molar-refractivity contribution < 1.29 is 9.47 Å². The van der Waals surface area contributed by atoms with Crippen LogP contribution in [0.3, 0.4) is 0 Å². The average Bonchev–Trinajstić information content (AvgIpc) is 2.38. The first-order chi connectivity index (χ1) is 8.33. The van der Waals surface area contributed by atoms with Crippen molar-refractivity contribution in [2.24, 2.45) is 5.73 Å². The highest BCUT2D eigenvalue weighted by Crippen LogP contribution is 2.30. The SMILES string of the molecule is CCSCCCOc1c(CN)cccc1OC. The number of para-hydroxylation sites is 1. The molecule has 0 unspecified atom stereocenters. The molecule has 0 fully saturated rings. The van der Waals surface area contributed by atoms with Crippen LogP contribution in [0.15, 0.2) is 18.2 Å². The maximum atomic E-state index is 5.78. The zero-order valence-electron chi connectivity index (χ0n) is 10.6. The Bertz CT molecular complexity index is 309. The Morgan fingerprint density at radius 1 is 1.35 bits per heavy atom. The molecule has 0 saturated carbocycles. The fraction of sp³-hybridized carbons (Fsp3) is 0.538. The van der Waals surface area contributed by atoms with Gasteiger partial charge in [-0.15, -0.1) is 0 Å². The van der Waals surface area contributed by atoms with E-state index >= 15 is 0 Å². The molecule has 2 N–H and O–H groups in total. The first kappa shape index (κ1) is 14.2. The molecule has 3 nitrogen and oxygen atoms in total. The molecule has 0 aromatic heterocycles. The molecule has 4 heteroatoms. The molecule has 0 radical (unpaired) electrons. The summed E-state index contributed by atoms with van der Waals surface area (Å²) in [7, 11) is 1.65. The molecule has 0 amide bonds. The van der Waals surface area contributed by atoms with E-state index in [2.05, 4.69) is 6.92 Å². The Kier molecular flexibility index (Phi) is 6.89. The molecule has 1 aromatic rings. The van der Waals surface area contributed by atoms with Crippen molar-refractivity contribution in [3.05, 3.63) is 23.8 Å². The van der Waals surface area contributed by atoms with Gasteiger partial charge in [-0.1, -0.05) is 19.1 Å². The molecule has 17 heavy (non-hydrogen) atoms. The van der Waals surface area contributed by atoms with E-state index in [0.717, 1.165) is 35.0 Å². The number of methoxy groups -OCH3 is 1. The number of nitrogens with two attached hydrogens (primary N) is 1. The maximum absolute atomic E-state index is 5.78. The van der Waals surface area contributed by atoms with Crippen molar-refractivity contribution >= 4 is 11.8 Å². The molecule has 0 aliphatic heterocycles. The topological polar surface area (TPSA) is 44.5 Å². The Hall–Kier alpha value is -0.870. The lowest BCUT2D eigenvalue weighted by Crippen LogP contribution is -2.06. The van der Waals surface area contributed by atoms with Crippen LogP contribution in [0, 0.1) is 0 Å². The van der Waals surface area contributed by atoms with Gasteiger partial charge in [0.2, 0.25) is 0 Å². The molecule has 96 valence electrons. The van der Waals surface area contributed by atoms with E-state index in [0.29, 0.717) is 13.2 Å². The number of rotatable bonds is 8. The minimum Gasteiger partial charge on any atom is -0.493 e. The van der Waals surface area contributed by atoms with Gasteiger partial charge in [-0.05, 0) is 24.0 Å². The van der Waals surface area contributed by atoms with Crippen LogP contribution < -0.4 is 15.2 Å². The van der Waals surface area contributed by atoms with Crippen LogP contribution in [-0.2, 0) is 6.54 Å². The quantitative estimate of drug-likeness (QED) is 0.725. The Morgan fingerprint density at radius 2 is 2.18 bits per heavy atom. The summed E-state index contributed by atoms with van der Waals surface area (Å²) in [5.41, 5.74) is 6.68. The zero-order valence-corrected chi connectivity index (χ0v) is 11.4. The van der Waals surface area contributed by atoms with Crippen molar-refractivity contribution in [2.75, 3.05) is 25.2 Å². The van der Waals surface area contributed by atoms with Gasteiger partial charge in [-0.3, -0.25) is 0 Å². The average molecular weight is 255 g/mol. The third-order valence-corrected chi connectivity index (χ3v) is 3.37. The van der Waals surface area contributed by atoms with E-state index in [-0.39, 0.29) is 0 Å². The second-order valence-electron chi connectivity index (χ2n) is 3.55. The van der Waals surface area contributed by atoms with Crippen molar-refractivity contribution in [3.8, 4) is 11.5 Å². The highest BCUT2D eigenvalue weighted by Gasteiger charge is 2.08. The van der Waals surface area contributed by atoms with Gasteiger partial charge in [0.15, 0.2) is 11.5 Å². The second kappa shape index (κ2) is 8.25. The van der Waals surface area contributed by atoms with E-state index < -0.39 is 0 Å². The van der Waals surface area contributed by atoms with Crippen LogP contribution in [0.4, 0.5) is 0 Å². The summed E-state index contributed by atoms with van der Waals surface area (Å²) in [4.78, 5) is 0. The number of thioether (sulfide) groups is 1. The van der Waals surface area contributed by atoms with Crippen LogP contribution in [0.1, 0.15) is 18.9 Å². The zero-order chi connectivity index (χ0) is 12.5. The van der Waals surface area contributed by atoms with Crippen molar-refractivity contribution in [2.45, 2.75) is 19.9 Å². The van der Waals surface area contributed by atoms with E-state index in [4.69, 9.17) is 15.2 Å². The van der Waals surface area contributed by atoms with Gasteiger partial charge in [-0.2, -0.15) is 11.8 Å². The standard InChI is InChI=1S/C13H21NO2S/c1-3-17-9-5-8-16-13-11(10-14)6-4-7-12(13)15-2/h4,6-7H,3,5,8-10,14H2,1-2H3. The molecule has 0 heterocycles. The highest BCUT2D eigenvalue weighted by molar-refractivity contribution is 7.99. The molecule has 1 aromatic carbocycles. The normalized spacial score (nSPS) is 10.3. The molecule has 0 saturated heterocycles. The number of benzene rings is 1. The molecule has 0 aliphatic rings. The summed E-state index contributed by atoms with van der Waals surface area (Å²) < 4.78 is 11.1. The van der Waals surface area contributed by atoms with Crippen molar-refractivity contribution in [1.82, 2.24) is 0 Å². The first-order valence-corrected chi connectivity index (χ1v) is 7.05. The monoisotopic (exact) mass is 255 g/mol. The highest BCUT2D eigenvalue weighted by atomic mass is 32.2. The molecular weight excluding hydrogens is 234 g/mol. The van der Waals surface area contributed by atoms with Gasteiger partial charge in [0.25, 0.3) is 0 Å². The molecule has 0 bridgehead atoms. The lowest BCUT2D eigenvalue weighted by molar-refractivity contribution is 0.292. The van der Waals surface area contributed by atoms with Gasteiger partial charge in [0.05, 0.1) is 13.7 Å². The third kappa shape index (κ3) is 4.48. The van der Waals surface area contributed by atoms with Crippen LogP contribution >= 0.6 is 11.8 Å². The summed E-state index contributed by atoms with van der Waals surface area (Å²) in [5.74, 6) is 3.84. The predicted octanol–water partition coefficient (Wildman–Crippen LogP) is 2.68. The summed E-state index contributed by atoms with van der Waals surface area (Å²) in [5, 5.41) is 0. The Morgan fingerprint density at radius 3 is 2.82 bits per heavy atom. The van der Waals surface area contributed by atoms with E-state index in [9.17, 15) is 0 Å². The summed E-state index contributed by atoms with van der Waals surface area (Å²) >= 11 is 1.93. The number of ether oxygens (including phenoxy) is 2. The van der Waals surface area contributed by atoms with Gasteiger partial charge in [-0.25, -0.2) is 0 Å². The number of hydrogen-bond acceptors (Lipinski definition) is 4. The van der Waals surface area contributed by atoms with E-state index in [1.54, 1.807) is 7.11 Å². The van der Waals surface area contributed by atoms with Crippen LogP contribution in [-0.4, -0.2) is 25.2 Å². The summed E-state index contributed by atoms with van der Waals surface area (Å²) in [6.07, 6.45) is 1.04. The Labute approximate surface area is 108 Å². The van der Waals surface area contributed by atoms with Crippen LogP contribution in [0.25, 0.3) is 0 Å². The molecule has 0 spiro atoms. The predicted molar refractivity (Wildman–Crippen MR) is 74.0 cm³/mol. The van der Waals surface area contributed by atoms with Crippen LogP contribution in [0.2, 0.25) is 0 Å². The van der Waals surface area contributed by atoms with Crippen molar-refractivity contribution in [1.29, 1.82) is 0 Å². The fourth-order valence-electron chi connectivity index (χ4n) is 1.53. The van der Waals surface area contributed by atoms with Gasteiger partial charge >= 0.3 is 0 Å². The van der Waals surface area contributed by atoms with Gasteiger partial charge < -0.3 is 15.2 Å². The minimum atomic E-state index is 0.468. The lowest BCUT2D eigenvalue weighted by atomic mass is 10.2. The van der Waals surface area contributed by atoms with E-state index in [1.165, 1.54) is 0 Å². The van der Waals surface area contributed by atoms with Gasteiger partial charge in [0.1, 0.15) is 0 Å². The Balaban J connectivity index is 2.55.